The van der Waals surface area contributed by atoms with Crippen LogP contribution in [0.5, 0.6) is 5.75 Å². The number of carbonyl (C=O) groups excluding carboxylic acids is 1. The van der Waals surface area contributed by atoms with E-state index in [1.807, 2.05) is 48.5 Å². The van der Waals surface area contributed by atoms with Crippen molar-refractivity contribution in [1.29, 1.82) is 0 Å². The fraction of sp³-hybridized carbons (Fsp3) is 0.235. The highest BCUT2D eigenvalue weighted by Crippen LogP contribution is 2.35. The van der Waals surface area contributed by atoms with Gasteiger partial charge < -0.3 is 9.64 Å². The van der Waals surface area contributed by atoms with E-state index >= 15 is 0 Å². The summed E-state index contributed by atoms with van der Waals surface area (Å²) in [5, 5.41) is -0.115. The molecule has 4 heteroatoms. The van der Waals surface area contributed by atoms with Crippen LogP contribution in [0, 0.1) is 0 Å². The zero-order valence-corrected chi connectivity index (χ0v) is 12.5. The maximum atomic E-state index is 12.1. The smallest absolute Gasteiger partial charge is 0.228 e. The Balaban J connectivity index is 2.05. The first kappa shape index (κ1) is 14.0. The third kappa shape index (κ3) is 2.74. The van der Waals surface area contributed by atoms with E-state index in [1.54, 1.807) is 12.0 Å². The molecule has 0 N–H and O–H groups in total. The largest absolute Gasteiger partial charge is 0.497 e. The Labute approximate surface area is 129 Å². The molecular formula is C17H16ClNO2. The summed E-state index contributed by atoms with van der Waals surface area (Å²) in [4.78, 5) is 13.9. The predicted octanol–water partition coefficient (Wildman–Crippen LogP) is 3.71. The zero-order valence-electron chi connectivity index (χ0n) is 11.8. The Hall–Kier alpha value is -2.00. The molecule has 2 aromatic carbocycles. The molecule has 0 aromatic heterocycles. The van der Waals surface area contributed by atoms with Crippen LogP contribution in [0.25, 0.3) is 11.1 Å². The van der Waals surface area contributed by atoms with Crippen LogP contribution in [-0.2, 0) is 4.79 Å². The van der Waals surface area contributed by atoms with E-state index in [0.29, 0.717) is 13.0 Å². The summed E-state index contributed by atoms with van der Waals surface area (Å²) in [5.74, 6) is 0.871. The molecule has 0 spiro atoms. The number of para-hydroxylation sites is 1. The van der Waals surface area contributed by atoms with Gasteiger partial charge >= 0.3 is 0 Å². The number of alkyl halides is 1. The lowest BCUT2D eigenvalue weighted by molar-refractivity contribution is -0.117. The SMILES string of the molecule is COc1cccc(-c2ccccc2N2CC(Cl)CC2=O)c1. The van der Waals surface area contributed by atoms with Gasteiger partial charge in [0.1, 0.15) is 5.75 Å². The molecule has 3 rings (SSSR count). The monoisotopic (exact) mass is 301 g/mol. The van der Waals surface area contributed by atoms with E-state index in [0.717, 1.165) is 22.6 Å². The Morgan fingerprint density at radius 2 is 2.00 bits per heavy atom. The van der Waals surface area contributed by atoms with Crippen LogP contribution >= 0.6 is 11.6 Å². The molecule has 1 aliphatic heterocycles. The van der Waals surface area contributed by atoms with Crippen molar-refractivity contribution in [2.75, 3.05) is 18.6 Å². The van der Waals surface area contributed by atoms with Gasteiger partial charge in [0.2, 0.25) is 5.91 Å². The van der Waals surface area contributed by atoms with E-state index in [2.05, 4.69) is 0 Å². The third-order valence-corrected chi connectivity index (χ3v) is 3.95. The van der Waals surface area contributed by atoms with Crippen molar-refractivity contribution >= 4 is 23.2 Å². The third-order valence-electron chi connectivity index (χ3n) is 3.65. The van der Waals surface area contributed by atoms with Gasteiger partial charge in [0, 0.05) is 18.5 Å². The first-order chi connectivity index (χ1) is 10.2. The highest BCUT2D eigenvalue weighted by atomic mass is 35.5. The van der Waals surface area contributed by atoms with Crippen molar-refractivity contribution in [2.24, 2.45) is 0 Å². The number of halogens is 1. The van der Waals surface area contributed by atoms with Gasteiger partial charge in [-0.15, -0.1) is 11.6 Å². The van der Waals surface area contributed by atoms with Crippen molar-refractivity contribution in [2.45, 2.75) is 11.8 Å². The lowest BCUT2D eigenvalue weighted by atomic mass is 10.0. The average Bonchev–Trinajstić information content (AvgIpc) is 2.86. The lowest BCUT2D eigenvalue weighted by Gasteiger charge is -2.20. The Kier molecular flexibility index (Phi) is 3.84. The number of nitrogens with zero attached hydrogens (tertiary/aromatic N) is 1. The minimum atomic E-state index is -0.115. The fourth-order valence-corrected chi connectivity index (χ4v) is 2.91. The number of carbonyl (C=O) groups is 1. The number of benzene rings is 2. The van der Waals surface area contributed by atoms with E-state index in [4.69, 9.17) is 16.3 Å². The van der Waals surface area contributed by atoms with Crippen LogP contribution in [0.15, 0.2) is 48.5 Å². The molecule has 0 bridgehead atoms. The van der Waals surface area contributed by atoms with Crippen molar-refractivity contribution < 1.29 is 9.53 Å². The van der Waals surface area contributed by atoms with Crippen molar-refractivity contribution in [3.8, 4) is 16.9 Å². The molecule has 1 aliphatic rings. The summed E-state index contributed by atoms with van der Waals surface area (Å²) in [6, 6.07) is 15.7. The van der Waals surface area contributed by atoms with Gasteiger partial charge in [0.25, 0.3) is 0 Å². The summed E-state index contributed by atoms with van der Waals surface area (Å²) >= 11 is 6.12. The number of hydrogen-bond donors (Lipinski definition) is 0. The predicted molar refractivity (Wildman–Crippen MR) is 85.0 cm³/mol. The highest BCUT2D eigenvalue weighted by molar-refractivity contribution is 6.24. The first-order valence-electron chi connectivity index (χ1n) is 6.87. The maximum absolute atomic E-state index is 12.1. The molecule has 0 saturated carbocycles. The molecule has 1 amide bonds. The summed E-state index contributed by atoms with van der Waals surface area (Å²) in [5.41, 5.74) is 2.94. The van der Waals surface area contributed by atoms with Gasteiger partial charge in [-0.3, -0.25) is 4.79 Å². The van der Waals surface area contributed by atoms with Crippen LogP contribution < -0.4 is 9.64 Å². The molecule has 1 fully saturated rings. The van der Waals surface area contributed by atoms with Gasteiger partial charge in [-0.25, -0.2) is 0 Å². The molecular weight excluding hydrogens is 286 g/mol. The van der Waals surface area contributed by atoms with Gasteiger partial charge in [-0.1, -0.05) is 30.3 Å². The van der Waals surface area contributed by atoms with Crippen molar-refractivity contribution in [1.82, 2.24) is 0 Å². The average molecular weight is 302 g/mol. The summed E-state index contributed by atoms with van der Waals surface area (Å²) < 4.78 is 5.28. The number of hydrogen-bond acceptors (Lipinski definition) is 2. The Bertz CT molecular complexity index is 671. The van der Waals surface area contributed by atoms with Crippen LogP contribution in [0.3, 0.4) is 0 Å². The summed E-state index contributed by atoms with van der Waals surface area (Å²) in [6.07, 6.45) is 0.397. The number of ether oxygens (including phenoxy) is 1. The van der Waals surface area contributed by atoms with Crippen LogP contribution in [0.1, 0.15) is 6.42 Å². The topological polar surface area (TPSA) is 29.5 Å². The zero-order chi connectivity index (χ0) is 14.8. The number of methoxy groups -OCH3 is 1. The number of anilines is 1. The van der Waals surface area contributed by atoms with Crippen LogP contribution in [0.4, 0.5) is 5.69 Å². The molecule has 3 nitrogen and oxygen atoms in total. The normalized spacial score (nSPS) is 18.1. The van der Waals surface area contributed by atoms with E-state index in [1.165, 1.54) is 0 Å². The number of rotatable bonds is 3. The van der Waals surface area contributed by atoms with Crippen molar-refractivity contribution in [3.63, 3.8) is 0 Å². The second-order valence-corrected chi connectivity index (χ2v) is 5.67. The Morgan fingerprint density at radius 3 is 2.71 bits per heavy atom. The lowest BCUT2D eigenvalue weighted by Crippen LogP contribution is -2.25. The molecule has 0 radical (unpaired) electrons. The second kappa shape index (κ2) is 5.78. The van der Waals surface area contributed by atoms with Crippen LogP contribution in [0.2, 0.25) is 0 Å². The molecule has 2 aromatic rings. The molecule has 1 saturated heterocycles. The Morgan fingerprint density at radius 1 is 1.19 bits per heavy atom. The van der Waals surface area contributed by atoms with E-state index < -0.39 is 0 Å². The summed E-state index contributed by atoms with van der Waals surface area (Å²) in [6.45, 7) is 0.557. The van der Waals surface area contributed by atoms with Gasteiger partial charge in [0.15, 0.2) is 0 Å². The van der Waals surface area contributed by atoms with Crippen molar-refractivity contribution in [3.05, 3.63) is 48.5 Å². The molecule has 108 valence electrons. The van der Waals surface area contributed by atoms with Crippen LogP contribution in [-0.4, -0.2) is 24.9 Å². The van der Waals surface area contributed by atoms with Gasteiger partial charge in [-0.05, 0) is 23.8 Å². The quantitative estimate of drug-likeness (QED) is 0.809. The second-order valence-electron chi connectivity index (χ2n) is 5.05. The van der Waals surface area contributed by atoms with Gasteiger partial charge in [0.05, 0.1) is 18.2 Å². The molecule has 1 heterocycles. The van der Waals surface area contributed by atoms with E-state index in [9.17, 15) is 4.79 Å². The standard InChI is InChI=1S/C17H16ClNO2/c1-21-14-6-4-5-12(9-14)15-7-2-3-8-16(15)19-11-13(18)10-17(19)20/h2-9,13H,10-11H2,1H3. The molecule has 1 unspecified atom stereocenters. The van der Waals surface area contributed by atoms with Gasteiger partial charge in [-0.2, -0.15) is 0 Å². The van der Waals surface area contributed by atoms with E-state index in [-0.39, 0.29) is 11.3 Å². The summed E-state index contributed by atoms with van der Waals surface area (Å²) in [7, 11) is 1.65. The fourth-order valence-electron chi connectivity index (χ4n) is 2.64. The highest BCUT2D eigenvalue weighted by Gasteiger charge is 2.30. The maximum Gasteiger partial charge on any atom is 0.228 e. The molecule has 0 aliphatic carbocycles. The minimum Gasteiger partial charge on any atom is -0.497 e. The molecule has 1 atom stereocenters. The molecule has 21 heavy (non-hydrogen) atoms. The first-order valence-corrected chi connectivity index (χ1v) is 7.30. The minimum absolute atomic E-state index is 0.0744. The number of amides is 1.